The first kappa shape index (κ1) is 24.0. The van der Waals surface area contributed by atoms with Crippen molar-refractivity contribution in [2.24, 2.45) is 0 Å². The number of alkyl halides is 6. The average molecular weight is 472 g/mol. The van der Waals surface area contributed by atoms with Crippen LogP contribution in [-0.2, 0) is 6.18 Å². The summed E-state index contributed by atoms with van der Waals surface area (Å²) in [7, 11) is 1.13. The quantitative estimate of drug-likeness (QED) is 0.397. The zero-order chi connectivity index (χ0) is 24.2. The van der Waals surface area contributed by atoms with E-state index in [1.807, 2.05) is 0 Å². The summed E-state index contributed by atoms with van der Waals surface area (Å²) in [4.78, 5) is 8.46. The summed E-state index contributed by atoms with van der Waals surface area (Å²) < 4.78 is 86.4. The van der Waals surface area contributed by atoms with E-state index in [0.717, 1.165) is 31.4 Å². The molecule has 6 nitrogen and oxygen atoms in total. The lowest BCUT2D eigenvalue weighted by molar-refractivity contribution is -0.274. The van der Waals surface area contributed by atoms with Crippen molar-refractivity contribution in [3.8, 4) is 22.8 Å². The molecule has 3 aromatic rings. The second-order valence-electron chi connectivity index (χ2n) is 6.61. The molecule has 0 aliphatic heterocycles. The van der Waals surface area contributed by atoms with Crippen LogP contribution in [0.4, 0.5) is 43.8 Å². The van der Waals surface area contributed by atoms with Crippen LogP contribution in [0, 0.1) is 0 Å². The summed E-state index contributed by atoms with van der Waals surface area (Å²) in [6, 6.07) is 9.95. The van der Waals surface area contributed by atoms with Gasteiger partial charge in [-0.2, -0.15) is 18.2 Å². The highest BCUT2D eigenvalue weighted by Gasteiger charge is 2.34. The lowest BCUT2D eigenvalue weighted by Gasteiger charge is -2.15. The minimum absolute atomic E-state index is 0.0735. The Kier molecular flexibility index (Phi) is 6.84. The molecule has 0 aliphatic carbocycles. The van der Waals surface area contributed by atoms with Gasteiger partial charge in [0.05, 0.1) is 18.4 Å². The fourth-order valence-corrected chi connectivity index (χ4v) is 2.90. The normalized spacial score (nSPS) is 11.8. The summed E-state index contributed by atoms with van der Waals surface area (Å²) in [5, 5.41) is 5.65. The minimum atomic E-state index is -4.86. The Labute approximate surface area is 184 Å². The number of rotatable bonds is 7. The summed E-state index contributed by atoms with van der Waals surface area (Å²) in [6.07, 6.45) is -9.51. The molecule has 0 fully saturated rings. The minimum Gasteiger partial charge on any atom is -0.496 e. The van der Waals surface area contributed by atoms with E-state index in [2.05, 4.69) is 25.3 Å². The molecule has 0 amide bonds. The number of methoxy groups -OCH3 is 1. The molecule has 2 N–H and O–H groups in total. The van der Waals surface area contributed by atoms with Gasteiger partial charge in [-0.1, -0.05) is 12.1 Å². The van der Waals surface area contributed by atoms with Crippen LogP contribution in [0.15, 0.2) is 48.5 Å². The van der Waals surface area contributed by atoms with Crippen molar-refractivity contribution in [2.45, 2.75) is 19.5 Å². The Morgan fingerprint density at radius 2 is 1.70 bits per heavy atom. The predicted molar refractivity (Wildman–Crippen MR) is 110 cm³/mol. The summed E-state index contributed by atoms with van der Waals surface area (Å²) in [5.74, 6) is -0.532. The number of benzene rings is 2. The first-order chi connectivity index (χ1) is 15.5. The predicted octanol–water partition coefficient (Wildman–Crippen LogP) is 6.25. The molecule has 0 radical (unpaired) electrons. The standard InChI is InChI=1S/C21H18F6N4O2/c1-3-28-19-30-16(12-5-4-6-14(9-12)33-21(25,26)27)11-18(31-19)29-13-7-8-17(32-2)15(10-13)20(22,23)24/h4-11H,3H2,1-2H3,(H2,28,29,30,31). The van der Waals surface area contributed by atoms with Crippen molar-refractivity contribution in [3.05, 3.63) is 54.1 Å². The molecule has 12 heteroatoms. The van der Waals surface area contributed by atoms with Gasteiger partial charge >= 0.3 is 12.5 Å². The second kappa shape index (κ2) is 9.43. The van der Waals surface area contributed by atoms with Gasteiger partial charge < -0.3 is 20.1 Å². The largest absolute Gasteiger partial charge is 0.573 e. The van der Waals surface area contributed by atoms with Gasteiger partial charge in [0.2, 0.25) is 5.95 Å². The number of anilines is 3. The Morgan fingerprint density at radius 3 is 2.33 bits per heavy atom. The first-order valence-electron chi connectivity index (χ1n) is 9.50. The summed E-state index contributed by atoms with van der Waals surface area (Å²) >= 11 is 0. The van der Waals surface area contributed by atoms with Gasteiger partial charge in [-0.25, -0.2) is 4.98 Å². The molecule has 0 bridgehead atoms. The smallest absolute Gasteiger partial charge is 0.496 e. The van der Waals surface area contributed by atoms with Crippen molar-refractivity contribution in [1.29, 1.82) is 0 Å². The molecule has 176 valence electrons. The number of aromatic nitrogens is 2. The lowest BCUT2D eigenvalue weighted by Crippen LogP contribution is -2.17. The van der Waals surface area contributed by atoms with Gasteiger partial charge in [-0.15, -0.1) is 13.2 Å². The molecule has 0 atom stereocenters. The van der Waals surface area contributed by atoms with Gasteiger partial charge in [-0.05, 0) is 37.3 Å². The molecule has 1 aromatic heterocycles. The molecule has 0 spiro atoms. The molecule has 1 heterocycles. The highest BCUT2D eigenvalue weighted by molar-refractivity contribution is 5.69. The average Bonchev–Trinajstić information content (AvgIpc) is 2.72. The Bertz CT molecular complexity index is 1120. The van der Waals surface area contributed by atoms with Crippen LogP contribution in [0.1, 0.15) is 12.5 Å². The molecular formula is C21H18F6N4O2. The lowest BCUT2D eigenvalue weighted by atomic mass is 10.1. The van der Waals surface area contributed by atoms with Crippen molar-refractivity contribution in [3.63, 3.8) is 0 Å². The molecule has 2 aromatic carbocycles. The van der Waals surface area contributed by atoms with Gasteiger partial charge in [0.15, 0.2) is 0 Å². The third-order valence-electron chi connectivity index (χ3n) is 4.20. The second-order valence-corrected chi connectivity index (χ2v) is 6.61. The summed E-state index contributed by atoms with van der Waals surface area (Å²) in [6.45, 7) is 2.21. The highest BCUT2D eigenvalue weighted by atomic mass is 19.4. The van der Waals surface area contributed by atoms with Gasteiger partial charge in [0.1, 0.15) is 17.3 Å². The van der Waals surface area contributed by atoms with E-state index in [-0.39, 0.29) is 34.5 Å². The fourth-order valence-electron chi connectivity index (χ4n) is 2.90. The third kappa shape index (κ3) is 6.40. The van der Waals surface area contributed by atoms with Crippen LogP contribution >= 0.6 is 0 Å². The molecule has 33 heavy (non-hydrogen) atoms. The maximum absolute atomic E-state index is 13.3. The molecule has 0 aliphatic rings. The maximum atomic E-state index is 13.3. The van der Waals surface area contributed by atoms with Crippen molar-refractivity contribution < 1.29 is 35.8 Å². The highest BCUT2D eigenvalue weighted by Crippen LogP contribution is 2.38. The van der Waals surface area contributed by atoms with Crippen molar-refractivity contribution in [2.75, 3.05) is 24.3 Å². The first-order valence-corrected chi connectivity index (χ1v) is 9.50. The van der Waals surface area contributed by atoms with E-state index in [1.54, 1.807) is 6.92 Å². The maximum Gasteiger partial charge on any atom is 0.573 e. The zero-order valence-corrected chi connectivity index (χ0v) is 17.3. The fraction of sp³-hybridized carbons (Fsp3) is 0.238. The van der Waals surface area contributed by atoms with E-state index in [0.29, 0.717) is 6.54 Å². The Balaban J connectivity index is 1.99. The zero-order valence-electron chi connectivity index (χ0n) is 17.3. The van der Waals surface area contributed by atoms with E-state index >= 15 is 0 Å². The third-order valence-corrected chi connectivity index (χ3v) is 4.20. The molecule has 3 rings (SSSR count). The number of nitrogens with one attached hydrogen (secondary N) is 2. The Morgan fingerprint density at radius 1 is 0.939 bits per heavy atom. The number of nitrogens with zero attached hydrogens (tertiary/aromatic N) is 2. The molecular weight excluding hydrogens is 454 g/mol. The Hall–Kier alpha value is -3.70. The van der Waals surface area contributed by atoms with Gasteiger partial charge in [0, 0.05) is 23.9 Å². The van der Waals surface area contributed by atoms with Gasteiger partial charge in [-0.3, -0.25) is 0 Å². The van der Waals surface area contributed by atoms with Crippen LogP contribution in [0.2, 0.25) is 0 Å². The number of hydrogen-bond acceptors (Lipinski definition) is 6. The van der Waals surface area contributed by atoms with Crippen molar-refractivity contribution >= 4 is 17.5 Å². The van der Waals surface area contributed by atoms with E-state index in [1.165, 1.54) is 24.3 Å². The van der Waals surface area contributed by atoms with E-state index < -0.39 is 23.9 Å². The van der Waals surface area contributed by atoms with E-state index in [9.17, 15) is 26.3 Å². The number of halogens is 6. The van der Waals surface area contributed by atoms with E-state index in [4.69, 9.17) is 4.74 Å². The van der Waals surface area contributed by atoms with Crippen LogP contribution in [-0.4, -0.2) is 30.0 Å². The SMILES string of the molecule is CCNc1nc(Nc2ccc(OC)c(C(F)(F)F)c2)cc(-c2cccc(OC(F)(F)F)c2)n1. The molecule has 0 unspecified atom stereocenters. The van der Waals surface area contributed by atoms with Crippen LogP contribution in [0.3, 0.4) is 0 Å². The van der Waals surface area contributed by atoms with Crippen LogP contribution in [0.25, 0.3) is 11.3 Å². The van der Waals surface area contributed by atoms with Gasteiger partial charge in [0.25, 0.3) is 0 Å². The number of hydrogen-bond donors (Lipinski definition) is 2. The molecule has 0 saturated heterocycles. The topological polar surface area (TPSA) is 68.3 Å². The summed E-state index contributed by atoms with van der Waals surface area (Å²) in [5.41, 5.74) is -0.398. The monoisotopic (exact) mass is 472 g/mol. The van der Waals surface area contributed by atoms with Crippen LogP contribution in [0.5, 0.6) is 11.5 Å². The van der Waals surface area contributed by atoms with Crippen LogP contribution < -0.4 is 20.1 Å². The van der Waals surface area contributed by atoms with Crippen molar-refractivity contribution in [1.82, 2.24) is 9.97 Å². The molecule has 0 saturated carbocycles. The number of ether oxygens (including phenoxy) is 2.